The van der Waals surface area contributed by atoms with Crippen molar-refractivity contribution in [2.45, 2.75) is 32.1 Å². The van der Waals surface area contributed by atoms with E-state index in [1.165, 1.54) is 19.1 Å². The third kappa shape index (κ3) is 2.54. The van der Waals surface area contributed by atoms with Crippen molar-refractivity contribution in [2.24, 2.45) is 0 Å². The summed E-state index contributed by atoms with van der Waals surface area (Å²) in [5, 5.41) is 0. The Morgan fingerprint density at radius 2 is 2.00 bits per heavy atom. The molecule has 2 rings (SSSR count). The average Bonchev–Trinajstić information content (AvgIpc) is 2.37. The highest BCUT2D eigenvalue weighted by molar-refractivity contribution is 6.07. The third-order valence-corrected chi connectivity index (χ3v) is 3.23. The van der Waals surface area contributed by atoms with Crippen LogP contribution in [-0.2, 0) is 22.4 Å². The number of Topliss-reactive ketones (excluding diaryl/α,β-unsaturated/α-hetero) is 1. The molecule has 0 radical (unpaired) electrons. The zero-order chi connectivity index (χ0) is 12.3. The average molecular weight is 232 g/mol. The Morgan fingerprint density at radius 1 is 1.24 bits per heavy atom. The molecule has 0 spiro atoms. The number of ether oxygens (including phenoxy) is 1. The van der Waals surface area contributed by atoms with Crippen molar-refractivity contribution in [3.8, 4) is 0 Å². The van der Waals surface area contributed by atoms with Crippen molar-refractivity contribution in [1.82, 2.24) is 0 Å². The number of benzene rings is 1. The van der Waals surface area contributed by atoms with E-state index in [2.05, 4.69) is 10.8 Å². The van der Waals surface area contributed by atoms with E-state index in [-0.39, 0.29) is 12.2 Å². The van der Waals surface area contributed by atoms with Gasteiger partial charge in [-0.05, 0) is 36.8 Å². The fourth-order valence-corrected chi connectivity index (χ4v) is 2.34. The molecule has 3 nitrogen and oxygen atoms in total. The summed E-state index contributed by atoms with van der Waals surface area (Å²) in [7, 11) is 1.30. The van der Waals surface area contributed by atoms with Gasteiger partial charge in [0.2, 0.25) is 0 Å². The Labute approximate surface area is 101 Å². The molecule has 0 saturated heterocycles. The zero-order valence-corrected chi connectivity index (χ0v) is 9.99. The summed E-state index contributed by atoms with van der Waals surface area (Å²) >= 11 is 0. The molecule has 1 aromatic carbocycles. The molecule has 1 aliphatic carbocycles. The Balaban J connectivity index is 2.26. The number of methoxy groups -OCH3 is 1. The topological polar surface area (TPSA) is 43.4 Å². The van der Waals surface area contributed by atoms with Crippen LogP contribution >= 0.6 is 0 Å². The standard InChI is InChI=1S/C14H16O3/c1-17-14(16)9-13(15)12-8-4-6-10-5-2-3-7-11(10)12/h4,6,8H,2-3,5,7,9H2,1H3. The molecular formula is C14H16O3. The van der Waals surface area contributed by atoms with Gasteiger partial charge in [-0.1, -0.05) is 18.2 Å². The second-order valence-electron chi connectivity index (χ2n) is 4.33. The van der Waals surface area contributed by atoms with Gasteiger partial charge in [-0.25, -0.2) is 0 Å². The fraction of sp³-hybridized carbons (Fsp3) is 0.429. The van der Waals surface area contributed by atoms with Crippen LogP contribution in [0.1, 0.15) is 40.7 Å². The first-order valence-electron chi connectivity index (χ1n) is 5.93. The van der Waals surface area contributed by atoms with Crippen LogP contribution in [0.2, 0.25) is 0 Å². The number of rotatable bonds is 3. The van der Waals surface area contributed by atoms with Gasteiger partial charge in [-0.3, -0.25) is 9.59 Å². The van der Waals surface area contributed by atoms with E-state index in [9.17, 15) is 9.59 Å². The van der Waals surface area contributed by atoms with Gasteiger partial charge in [0, 0.05) is 5.56 Å². The van der Waals surface area contributed by atoms with Crippen molar-refractivity contribution in [3.05, 3.63) is 34.9 Å². The van der Waals surface area contributed by atoms with E-state index in [1.807, 2.05) is 12.1 Å². The smallest absolute Gasteiger partial charge is 0.313 e. The van der Waals surface area contributed by atoms with E-state index in [4.69, 9.17) is 0 Å². The maximum absolute atomic E-state index is 12.0. The fourth-order valence-electron chi connectivity index (χ4n) is 2.34. The summed E-state index contributed by atoms with van der Waals surface area (Å²) in [6.45, 7) is 0. The maximum Gasteiger partial charge on any atom is 0.313 e. The Hall–Kier alpha value is -1.64. The van der Waals surface area contributed by atoms with E-state index < -0.39 is 5.97 Å². The molecule has 0 aliphatic heterocycles. The highest BCUT2D eigenvalue weighted by Crippen LogP contribution is 2.25. The number of fused-ring (bicyclic) bond motifs is 1. The lowest BCUT2D eigenvalue weighted by Gasteiger charge is -2.18. The van der Waals surface area contributed by atoms with Crippen LogP contribution in [0.5, 0.6) is 0 Å². The quantitative estimate of drug-likeness (QED) is 0.456. The van der Waals surface area contributed by atoms with Crippen LogP contribution in [0.4, 0.5) is 0 Å². The molecular weight excluding hydrogens is 216 g/mol. The van der Waals surface area contributed by atoms with Gasteiger partial charge in [0.15, 0.2) is 5.78 Å². The first kappa shape index (κ1) is 11.8. The summed E-state index contributed by atoms with van der Waals surface area (Å²) in [5.41, 5.74) is 3.09. The summed E-state index contributed by atoms with van der Waals surface area (Å²) in [6.07, 6.45) is 4.12. The van der Waals surface area contributed by atoms with E-state index in [0.29, 0.717) is 5.56 Å². The van der Waals surface area contributed by atoms with Crippen LogP contribution in [0.15, 0.2) is 18.2 Å². The molecule has 0 saturated carbocycles. The molecule has 0 unspecified atom stereocenters. The number of carbonyl (C=O) groups excluding carboxylic acids is 2. The first-order valence-corrected chi connectivity index (χ1v) is 5.93. The molecule has 1 aliphatic rings. The molecule has 0 bridgehead atoms. The minimum Gasteiger partial charge on any atom is -0.469 e. The number of carbonyl (C=O) groups is 2. The summed E-state index contributed by atoms with van der Waals surface area (Å²) in [4.78, 5) is 23.1. The van der Waals surface area contributed by atoms with Gasteiger partial charge in [0.05, 0.1) is 7.11 Å². The lowest BCUT2D eigenvalue weighted by Crippen LogP contribution is -2.14. The van der Waals surface area contributed by atoms with Crippen LogP contribution in [0.3, 0.4) is 0 Å². The molecule has 0 N–H and O–H groups in total. The minimum atomic E-state index is -0.469. The number of esters is 1. The summed E-state index contributed by atoms with van der Waals surface area (Å²) < 4.78 is 4.53. The van der Waals surface area contributed by atoms with E-state index in [1.54, 1.807) is 0 Å². The van der Waals surface area contributed by atoms with Gasteiger partial charge in [-0.2, -0.15) is 0 Å². The summed E-state index contributed by atoms with van der Waals surface area (Å²) in [6, 6.07) is 5.79. The van der Waals surface area contributed by atoms with E-state index >= 15 is 0 Å². The summed E-state index contributed by atoms with van der Waals surface area (Å²) in [5.74, 6) is -0.598. The molecule has 3 heteroatoms. The molecule has 0 aromatic heterocycles. The van der Waals surface area contributed by atoms with Crippen molar-refractivity contribution in [1.29, 1.82) is 0 Å². The molecule has 1 aromatic rings. The SMILES string of the molecule is COC(=O)CC(=O)c1cccc2c1CCCC2. The van der Waals surface area contributed by atoms with Crippen molar-refractivity contribution in [2.75, 3.05) is 7.11 Å². The van der Waals surface area contributed by atoms with Crippen molar-refractivity contribution >= 4 is 11.8 Å². The normalized spacial score (nSPS) is 13.9. The molecule has 90 valence electrons. The molecule has 0 amide bonds. The van der Waals surface area contributed by atoms with Crippen LogP contribution < -0.4 is 0 Å². The predicted octanol–water partition coefficient (Wildman–Crippen LogP) is 2.31. The lowest BCUT2D eigenvalue weighted by molar-refractivity contribution is -0.139. The monoisotopic (exact) mass is 232 g/mol. The highest BCUT2D eigenvalue weighted by atomic mass is 16.5. The van der Waals surface area contributed by atoms with Crippen LogP contribution in [-0.4, -0.2) is 18.9 Å². The number of aryl methyl sites for hydroxylation is 1. The largest absolute Gasteiger partial charge is 0.469 e. The van der Waals surface area contributed by atoms with Crippen molar-refractivity contribution < 1.29 is 14.3 Å². The molecule has 0 atom stereocenters. The highest BCUT2D eigenvalue weighted by Gasteiger charge is 2.19. The van der Waals surface area contributed by atoms with Gasteiger partial charge >= 0.3 is 5.97 Å². The predicted molar refractivity (Wildman–Crippen MR) is 64.0 cm³/mol. The second-order valence-corrected chi connectivity index (χ2v) is 4.33. The molecule has 17 heavy (non-hydrogen) atoms. The first-order chi connectivity index (χ1) is 8.22. The Kier molecular flexibility index (Phi) is 3.57. The Morgan fingerprint density at radius 3 is 2.76 bits per heavy atom. The van der Waals surface area contributed by atoms with Gasteiger partial charge in [0.25, 0.3) is 0 Å². The van der Waals surface area contributed by atoms with Gasteiger partial charge in [0.1, 0.15) is 6.42 Å². The van der Waals surface area contributed by atoms with Crippen LogP contribution in [0.25, 0.3) is 0 Å². The third-order valence-electron chi connectivity index (χ3n) is 3.23. The number of ketones is 1. The van der Waals surface area contributed by atoms with Gasteiger partial charge < -0.3 is 4.74 Å². The maximum atomic E-state index is 12.0. The Bertz CT molecular complexity index is 449. The lowest BCUT2D eigenvalue weighted by atomic mass is 9.86. The van der Waals surface area contributed by atoms with E-state index in [0.717, 1.165) is 24.8 Å². The zero-order valence-electron chi connectivity index (χ0n) is 9.99. The number of hydrogen-bond donors (Lipinski definition) is 0. The molecule has 0 heterocycles. The van der Waals surface area contributed by atoms with Gasteiger partial charge in [-0.15, -0.1) is 0 Å². The second kappa shape index (κ2) is 5.13. The number of hydrogen-bond acceptors (Lipinski definition) is 3. The van der Waals surface area contributed by atoms with Crippen molar-refractivity contribution in [3.63, 3.8) is 0 Å². The molecule has 0 fully saturated rings. The minimum absolute atomic E-state index is 0.129. The van der Waals surface area contributed by atoms with Crippen LogP contribution in [0, 0.1) is 0 Å².